The molecule has 2 heterocycles. The zero-order valence-electron chi connectivity index (χ0n) is 13.5. The van der Waals surface area contributed by atoms with Gasteiger partial charge in [0.15, 0.2) is 0 Å². The van der Waals surface area contributed by atoms with Crippen molar-refractivity contribution in [1.29, 1.82) is 0 Å². The SMILES string of the molecule is c1ccc2c(c1)ncn2CCCN1CC[C@@H]2CCCC[C@@H]2C1. The van der Waals surface area contributed by atoms with Crippen molar-refractivity contribution in [2.45, 2.75) is 45.1 Å². The molecule has 22 heavy (non-hydrogen) atoms. The van der Waals surface area contributed by atoms with Gasteiger partial charge in [0, 0.05) is 13.1 Å². The Hall–Kier alpha value is -1.35. The number of aryl methyl sites for hydroxylation is 1. The largest absolute Gasteiger partial charge is 0.331 e. The summed E-state index contributed by atoms with van der Waals surface area (Å²) in [6.07, 6.45) is 10.6. The van der Waals surface area contributed by atoms with Crippen molar-refractivity contribution in [2.24, 2.45) is 11.8 Å². The molecule has 4 rings (SSSR count). The van der Waals surface area contributed by atoms with Crippen LogP contribution in [0.1, 0.15) is 38.5 Å². The molecule has 0 spiro atoms. The van der Waals surface area contributed by atoms with Gasteiger partial charge in [0.05, 0.1) is 17.4 Å². The molecule has 1 aliphatic heterocycles. The average Bonchev–Trinajstić information content (AvgIpc) is 2.98. The van der Waals surface area contributed by atoms with Crippen LogP contribution in [-0.2, 0) is 6.54 Å². The molecule has 1 aromatic heterocycles. The second kappa shape index (κ2) is 6.41. The Kier molecular flexibility index (Phi) is 4.15. The first kappa shape index (κ1) is 14.3. The summed E-state index contributed by atoms with van der Waals surface area (Å²) in [6, 6.07) is 8.44. The highest BCUT2D eigenvalue weighted by Crippen LogP contribution is 2.35. The Morgan fingerprint density at radius 2 is 1.86 bits per heavy atom. The van der Waals surface area contributed by atoms with E-state index in [1.54, 1.807) is 0 Å². The number of piperidine rings is 1. The summed E-state index contributed by atoms with van der Waals surface area (Å²) >= 11 is 0. The second-order valence-electron chi connectivity index (χ2n) is 7.17. The summed E-state index contributed by atoms with van der Waals surface area (Å²) in [6.45, 7) is 5.02. The number of hydrogen-bond acceptors (Lipinski definition) is 2. The van der Waals surface area contributed by atoms with Crippen LogP contribution in [-0.4, -0.2) is 34.1 Å². The smallest absolute Gasteiger partial charge is 0.0958 e. The minimum absolute atomic E-state index is 0.997. The molecule has 0 N–H and O–H groups in total. The third-order valence-electron chi connectivity index (χ3n) is 5.78. The number of nitrogens with zero attached hydrogens (tertiary/aromatic N) is 3. The Morgan fingerprint density at radius 3 is 2.82 bits per heavy atom. The summed E-state index contributed by atoms with van der Waals surface area (Å²) in [5.41, 5.74) is 2.39. The predicted octanol–water partition coefficient (Wildman–Crippen LogP) is 3.94. The molecule has 118 valence electrons. The molecular formula is C19H27N3. The molecule has 0 bridgehead atoms. The molecule has 2 atom stereocenters. The van der Waals surface area contributed by atoms with Crippen LogP contribution in [0.5, 0.6) is 0 Å². The van der Waals surface area contributed by atoms with E-state index >= 15 is 0 Å². The Labute approximate surface area is 133 Å². The number of rotatable bonds is 4. The fraction of sp³-hybridized carbons (Fsp3) is 0.632. The molecule has 1 aromatic carbocycles. The van der Waals surface area contributed by atoms with Gasteiger partial charge in [0.1, 0.15) is 0 Å². The zero-order chi connectivity index (χ0) is 14.8. The summed E-state index contributed by atoms with van der Waals surface area (Å²) in [4.78, 5) is 7.20. The standard InChI is InChI=1S/C19H27N3/c1-2-7-17-14-21(13-10-16(17)6-1)11-5-12-22-15-20-18-8-3-4-9-19(18)22/h3-4,8-9,15-17H,1-2,5-7,10-14H2/t16-,17+/m0/s1. The number of aromatic nitrogens is 2. The van der Waals surface area contributed by atoms with Crippen LogP contribution in [0.4, 0.5) is 0 Å². The van der Waals surface area contributed by atoms with E-state index in [4.69, 9.17) is 0 Å². The van der Waals surface area contributed by atoms with Crippen LogP contribution in [0.15, 0.2) is 30.6 Å². The van der Waals surface area contributed by atoms with Crippen molar-refractivity contribution in [2.75, 3.05) is 19.6 Å². The number of hydrogen-bond donors (Lipinski definition) is 0. The molecule has 1 saturated heterocycles. The minimum atomic E-state index is 0.997. The van der Waals surface area contributed by atoms with E-state index < -0.39 is 0 Å². The predicted molar refractivity (Wildman–Crippen MR) is 90.9 cm³/mol. The van der Waals surface area contributed by atoms with Crippen LogP contribution in [0.3, 0.4) is 0 Å². The molecule has 3 heteroatoms. The van der Waals surface area contributed by atoms with Gasteiger partial charge in [-0.15, -0.1) is 0 Å². The molecule has 0 unspecified atom stereocenters. The summed E-state index contributed by atoms with van der Waals surface area (Å²) < 4.78 is 2.31. The van der Waals surface area contributed by atoms with Gasteiger partial charge in [0.2, 0.25) is 0 Å². The normalized spacial score (nSPS) is 26.2. The highest BCUT2D eigenvalue weighted by molar-refractivity contribution is 5.74. The van der Waals surface area contributed by atoms with E-state index in [0.717, 1.165) is 23.9 Å². The van der Waals surface area contributed by atoms with Crippen molar-refractivity contribution in [1.82, 2.24) is 14.5 Å². The van der Waals surface area contributed by atoms with Crippen LogP contribution < -0.4 is 0 Å². The van der Waals surface area contributed by atoms with Crippen LogP contribution in [0.25, 0.3) is 11.0 Å². The zero-order valence-corrected chi connectivity index (χ0v) is 13.5. The van der Waals surface area contributed by atoms with Gasteiger partial charge in [-0.05, 0) is 56.3 Å². The van der Waals surface area contributed by atoms with Gasteiger partial charge in [-0.2, -0.15) is 0 Å². The number of likely N-dealkylation sites (tertiary alicyclic amines) is 1. The minimum Gasteiger partial charge on any atom is -0.331 e. The number of imidazole rings is 1. The second-order valence-corrected chi connectivity index (χ2v) is 7.17. The first-order chi connectivity index (χ1) is 10.9. The molecule has 2 aromatic rings. The number of para-hydroxylation sites is 2. The van der Waals surface area contributed by atoms with E-state index in [2.05, 4.69) is 38.7 Å². The Balaban J connectivity index is 1.30. The van der Waals surface area contributed by atoms with Gasteiger partial charge in [-0.3, -0.25) is 0 Å². The molecule has 0 radical (unpaired) electrons. The van der Waals surface area contributed by atoms with E-state index in [1.807, 2.05) is 6.33 Å². The third kappa shape index (κ3) is 2.91. The van der Waals surface area contributed by atoms with Crippen molar-refractivity contribution >= 4 is 11.0 Å². The molecule has 2 fully saturated rings. The Bertz CT molecular complexity index is 618. The molecular weight excluding hydrogens is 270 g/mol. The maximum absolute atomic E-state index is 4.49. The lowest BCUT2D eigenvalue weighted by atomic mass is 9.75. The van der Waals surface area contributed by atoms with E-state index in [0.29, 0.717) is 0 Å². The van der Waals surface area contributed by atoms with Gasteiger partial charge in [0.25, 0.3) is 0 Å². The summed E-state index contributed by atoms with van der Waals surface area (Å²) in [7, 11) is 0. The van der Waals surface area contributed by atoms with E-state index in [-0.39, 0.29) is 0 Å². The Morgan fingerprint density at radius 1 is 1.00 bits per heavy atom. The van der Waals surface area contributed by atoms with Gasteiger partial charge < -0.3 is 9.47 Å². The van der Waals surface area contributed by atoms with Crippen LogP contribution in [0.2, 0.25) is 0 Å². The van der Waals surface area contributed by atoms with Crippen molar-refractivity contribution < 1.29 is 0 Å². The van der Waals surface area contributed by atoms with Crippen molar-refractivity contribution in [3.63, 3.8) is 0 Å². The van der Waals surface area contributed by atoms with Gasteiger partial charge in [-0.25, -0.2) is 4.98 Å². The molecule has 1 aliphatic carbocycles. The van der Waals surface area contributed by atoms with E-state index in [1.165, 1.54) is 63.7 Å². The summed E-state index contributed by atoms with van der Waals surface area (Å²) in [5.74, 6) is 2.04. The van der Waals surface area contributed by atoms with E-state index in [9.17, 15) is 0 Å². The van der Waals surface area contributed by atoms with Crippen LogP contribution >= 0.6 is 0 Å². The monoisotopic (exact) mass is 297 g/mol. The lowest BCUT2D eigenvalue weighted by Crippen LogP contribution is -2.42. The number of benzene rings is 1. The molecule has 1 saturated carbocycles. The lowest BCUT2D eigenvalue weighted by molar-refractivity contribution is 0.0854. The van der Waals surface area contributed by atoms with Crippen molar-refractivity contribution in [3.8, 4) is 0 Å². The lowest BCUT2D eigenvalue weighted by Gasteiger charge is -2.41. The maximum Gasteiger partial charge on any atom is 0.0958 e. The summed E-state index contributed by atoms with van der Waals surface area (Å²) in [5, 5.41) is 0. The highest BCUT2D eigenvalue weighted by Gasteiger charge is 2.30. The first-order valence-electron chi connectivity index (χ1n) is 9.02. The molecule has 0 amide bonds. The molecule has 3 nitrogen and oxygen atoms in total. The average molecular weight is 297 g/mol. The van der Waals surface area contributed by atoms with Crippen molar-refractivity contribution in [3.05, 3.63) is 30.6 Å². The van der Waals surface area contributed by atoms with Crippen LogP contribution in [0, 0.1) is 11.8 Å². The fourth-order valence-electron chi connectivity index (χ4n) is 4.53. The quantitative estimate of drug-likeness (QED) is 0.852. The van der Waals surface area contributed by atoms with Gasteiger partial charge in [-0.1, -0.05) is 31.4 Å². The fourth-order valence-corrected chi connectivity index (χ4v) is 4.53. The molecule has 2 aliphatic rings. The van der Waals surface area contributed by atoms with Gasteiger partial charge >= 0.3 is 0 Å². The number of fused-ring (bicyclic) bond motifs is 2. The maximum atomic E-state index is 4.49. The third-order valence-corrected chi connectivity index (χ3v) is 5.78. The first-order valence-corrected chi connectivity index (χ1v) is 9.02. The topological polar surface area (TPSA) is 21.1 Å². The highest BCUT2D eigenvalue weighted by atomic mass is 15.1.